The van der Waals surface area contributed by atoms with Crippen molar-refractivity contribution in [2.45, 2.75) is 37.5 Å². The second-order valence-electron chi connectivity index (χ2n) is 6.79. The van der Waals surface area contributed by atoms with Crippen molar-refractivity contribution in [3.05, 3.63) is 108 Å². The molecule has 0 nitrogen and oxygen atoms in total. The maximum absolute atomic E-state index is 4.93. The first-order chi connectivity index (χ1) is 14.2. The van der Waals surface area contributed by atoms with Crippen LogP contribution in [0.4, 0.5) is 0 Å². The van der Waals surface area contributed by atoms with Gasteiger partial charge in [-0.3, -0.25) is 12.2 Å². The molecular formula is C26H26Cl2Zr. The minimum atomic E-state index is -0.826. The number of halogens is 2. The standard InChI is InChI=1S/2C13H13.2ClH.Zr/c2*1-2-3-6-11-9-10-12-7-4-5-8-13(11)12;;;/h2*2,4-5,7-8,10-11H,1,3,6H2;2*1H;/q2*-1;;;+4/p-2. The van der Waals surface area contributed by atoms with Gasteiger partial charge in [0.25, 0.3) is 0 Å². The van der Waals surface area contributed by atoms with Gasteiger partial charge in [-0.1, -0.05) is 73.2 Å². The molecule has 2 atom stereocenters. The van der Waals surface area contributed by atoms with E-state index in [9.17, 15) is 0 Å². The SMILES string of the molecule is C=CCCC1[C-]=Cc2ccccc21.C=CCCC1[C-]=Cc2ccccc21.[Cl][Zr+2][Cl]. The molecule has 0 N–H and O–H groups in total. The summed E-state index contributed by atoms with van der Waals surface area (Å²) in [4.78, 5) is 0. The van der Waals surface area contributed by atoms with Crippen LogP contribution in [0.2, 0.25) is 0 Å². The van der Waals surface area contributed by atoms with Crippen molar-refractivity contribution in [1.82, 2.24) is 0 Å². The summed E-state index contributed by atoms with van der Waals surface area (Å²) < 4.78 is 0. The zero-order chi connectivity index (χ0) is 20.9. The van der Waals surface area contributed by atoms with Crippen LogP contribution >= 0.6 is 17.0 Å². The molecule has 2 aliphatic carbocycles. The summed E-state index contributed by atoms with van der Waals surface area (Å²) in [5, 5.41) is 0. The number of benzene rings is 2. The summed E-state index contributed by atoms with van der Waals surface area (Å²) in [5.41, 5.74) is 5.50. The predicted molar refractivity (Wildman–Crippen MR) is 124 cm³/mol. The van der Waals surface area contributed by atoms with Crippen molar-refractivity contribution in [2.24, 2.45) is 0 Å². The van der Waals surface area contributed by atoms with Gasteiger partial charge in [0, 0.05) is 0 Å². The number of hydrogen-bond donors (Lipinski definition) is 0. The van der Waals surface area contributed by atoms with Crippen LogP contribution in [0.15, 0.2) is 73.8 Å². The average molecular weight is 501 g/mol. The fraction of sp³-hybridized carbons (Fsp3) is 0.231. The first kappa shape index (κ1) is 24.1. The van der Waals surface area contributed by atoms with E-state index < -0.39 is 20.8 Å². The quantitative estimate of drug-likeness (QED) is 0.275. The number of rotatable bonds is 6. The fourth-order valence-corrected chi connectivity index (χ4v) is 3.53. The third-order valence-corrected chi connectivity index (χ3v) is 4.94. The summed E-state index contributed by atoms with van der Waals surface area (Å²) in [6.07, 6.45) is 19.3. The first-order valence-corrected chi connectivity index (χ1v) is 16.1. The summed E-state index contributed by atoms with van der Waals surface area (Å²) in [5.74, 6) is 0.989. The van der Waals surface area contributed by atoms with Crippen LogP contribution in [-0.2, 0) is 20.8 Å². The Labute approximate surface area is 194 Å². The van der Waals surface area contributed by atoms with Gasteiger partial charge in [-0.05, 0) is 12.8 Å². The van der Waals surface area contributed by atoms with Crippen LogP contribution in [0.3, 0.4) is 0 Å². The Bertz CT molecular complexity index is 769. The van der Waals surface area contributed by atoms with Gasteiger partial charge in [0.1, 0.15) is 0 Å². The third-order valence-electron chi connectivity index (χ3n) is 4.94. The van der Waals surface area contributed by atoms with Crippen LogP contribution in [0.5, 0.6) is 0 Å². The Hall–Kier alpha value is -1.14. The van der Waals surface area contributed by atoms with Gasteiger partial charge in [0.05, 0.1) is 0 Å². The average Bonchev–Trinajstić information content (AvgIpc) is 3.36. The normalized spacial score (nSPS) is 17.0. The van der Waals surface area contributed by atoms with Crippen molar-refractivity contribution < 1.29 is 20.8 Å². The van der Waals surface area contributed by atoms with Crippen molar-refractivity contribution >= 4 is 29.2 Å². The summed E-state index contributed by atoms with van der Waals surface area (Å²) in [6.45, 7) is 7.48. The van der Waals surface area contributed by atoms with Gasteiger partial charge < -0.3 is 0 Å². The molecule has 2 aromatic carbocycles. The molecule has 0 aromatic heterocycles. The van der Waals surface area contributed by atoms with Crippen LogP contribution in [-0.4, -0.2) is 0 Å². The van der Waals surface area contributed by atoms with Crippen molar-refractivity contribution in [2.75, 3.05) is 0 Å². The third kappa shape index (κ3) is 7.56. The molecule has 0 heterocycles. The van der Waals surface area contributed by atoms with Crippen molar-refractivity contribution in [3.8, 4) is 0 Å². The van der Waals surface area contributed by atoms with E-state index in [0.717, 1.165) is 25.7 Å². The van der Waals surface area contributed by atoms with Crippen LogP contribution in [0, 0.1) is 12.2 Å². The molecule has 0 fully saturated rings. The van der Waals surface area contributed by atoms with E-state index in [1.807, 2.05) is 12.2 Å². The monoisotopic (exact) mass is 498 g/mol. The van der Waals surface area contributed by atoms with Gasteiger partial charge in [0.2, 0.25) is 0 Å². The Morgan fingerprint density at radius 2 is 1.14 bits per heavy atom. The number of fused-ring (bicyclic) bond motifs is 2. The van der Waals surface area contributed by atoms with Gasteiger partial charge in [0.15, 0.2) is 0 Å². The fourth-order valence-electron chi connectivity index (χ4n) is 3.53. The minimum absolute atomic E-state index is 0.495. The molecule has 2 aromatic rings. The topological polar surface area (TPSA) is 0 Å². The summed E-state index contributed by atoms with van der Waals surface area (Å²) in [7, 11) is 9.87. The molecule has 0 aliphatic heterocycles. The molecule has 2 unspecified atom stereocenters. The molecule has 0 saturated heterocycles. The molecular weight excluding hydrogens is 474 g/mol. The van der Waals surface area contributed by atoms with Gasteiger partial charge >= 0.3 is 37.9 Å². The Morgan fingerprint density at radius 1 is 0.759 bits per heavy atom. The van der Waals surface area contributed by atoms with E-state index in [2.05, 4.69) is 86.0 Å². The first-order valence-electron chi connectivity index (χ1n) is 9.79. The molecule has 3 heteroatoms. The number of hydrogen-bond acceptors (Lipinski definition) is 0. The molecule has 29 heavy (non-hydrogen) atoms. The summed E-state index contributed by atoms with van der Waals surface area (Å²) in [6, 6.07) is 17.0. The maximum atomic E-state index is 4.93. The van der Waals surface area contributed by atoms with Crippen molar-refractivity contribution in [3.63, 3.8) is 0 Å². The second-order valence-corrected chi connectivity index (χ2v) is 10.5. The predicted octanol–water partition coefficient (Wildman–Crippen LogP) is 8.51. The molecule has 0 radical (unpaired) electrons. The van der Waals surface area contributed by atoms with Crippen LogP contribution in [0.25, 0.3) is 12.2 Å². The molecule has 0 amide bonds. The molecule has 148 valence electrons. The van der Waals surface area contributed by atoms with E-state index in [4.69, 9.17) is 17.0 Å². The molecule has 0 bridgehead atoms. The zero-order valence-electron chi connectivity index (χ0n) is 16.6. The molecule has 0 saturated carbocycles. The summed E-state index contributed by atoms with van der Waals surface area (Å²) >= 11 is -0.826. The zero-order valence-corrected chi connectivity index (χ0v) is 20.6. The molecule has 2 aliphatic rings. The second kappa shape index (κ2) is 14.0. The van der Waals surface area contributed by atoms with Crippen LogP contribution in [0.1, 0.15) is 59.8 Å². The van der Waals surface area contributed by atoms with Gasteiger partial charge in [-0.25, -0.2) is 12.2 Å². The Balaban J connectivity index is 0.000000183. The van der Waals surface area contributed by atoms with Gasteiger partial charge in [-0.15, -0.1) is 36.4 Å². The van der Waals surface area contributed by atoms with E-state index in [0.29, 0.717) is 11.8 Å². The van der Waals surface area contributed by atoms with E-state index in [1.54, 1.807) is 0 Å². The van der Waals surface area contributed by atoms with E-state index in [-0.39, 0.29) is 0 Å². The van der Waals surface area contributed by atoms with Crippen molar-refractivity contribution in [1.29, 1.82) is 0 Å². The molecule has 4 rings (SSSR count). The Morgan fingerprint density at radius 3 is 1.52 bits per heavy atom. The van der Waals surface area contributed by atoms with Gasteiger partial charge in [-0.2, -0.15) is 11.1 Å². The van der Waals surface area contributed by atoms with E-state index in [1.165, 1.54) is 22.3 Å². The number of allylic oxidation sites excluding steroid dienone is 4. The van der Waals surface area contributed by atoms with E-state index >= 15 is 0 Å². The van der Waals surface area contributed by atoms with Crippen LogP contribution < -0.4 is 0 Å². The Kier molecular flexibility index (Phi) is 11.6. The molecule has 0 spiro atoms.